The van der Waals surface area contributed by atoms with Crippen LogP contribution >= 0.6 is 0 Å². The van der Waals surface area contributed by atoms with Crippen molar-refractivity contribution < 1.29 is 35.5 Å². The lowest BCUT2D eigenvalue weighted by Gasteiger charge is -2.38. The van der Waals surface area contributed by atoms with Crippen LogP contribution in [0.2, 0.25) is 0 Å². The zero-order valence-corrected chi connectivity index (χ0v) is 23.8. The van der Waals surface area contributed by atoms with Gasteiger partial charge in [0.1, 0.15) is 11.6 Å². The standard InChI is InChI=1S/C28H26F4N6O4S/c1-41-22-15-20(16-23(34-22)42-2)37-10-12-38(13-11-37)26-24(18-4-3-5-21(14-18)43(33,39)40)25(17-6-8-19(29)9-7-17)35-27(36-26)28(30,31)32/h3-9,14-16H,10-13H2,1-2H3,(H2,33,39,40). The van der Waals surface area contributed by atoms with Gasteiger partial charge in [0.25, 0.3) is 0 Å². The van der Waals surface area contributed by atoms with Gasteiger partial charge in [-0.25, -0.2) is 27.9 Å². The van der Waals surface area contributed by atoms with Gasteiger partial charge < -0.3 is 19.3 Å². The predicted molar refractivity (Wildman–Crippen MR) is 151 cm³/mol. The minimum absolute atomic E-state index is 0.0576. The van der Waals surface area contributed by atoms with Crippen molar-refractivity contribution in [3.63, 3.8) is 0 Å². The first-order valence-electron chi connectivity index (χ1n) is 12.9. The number of ether oxygens (including phenoxy) is 2. The SMILES string of the molecule is COc1cc(N2CCN(c3nc(C(F)(F)F)nc(-c4ccc(F)cc4)c3-c3cccc(S(N)(=O)=O)c3)CC2)cc(OC)n1. The normalized spacial score (nSPS) is 14.1. The van der Waals surface area contributed by atoms with Crippen LogP contribution in [0.5, 0.6) is 11.8 Å². The van der Waals surface area contributed by atoms with Gasteiger partial charge in [-0.2, -0.15) is 18.2 Å². The summed E-state index contributed by atoms with van der Waals surface area (Å²) in [7, 11) is -1.20. The van der Waals surface area contributed by atoms with Crippen LogP contribution < -0.4 is 24.4 Å². The average Bonchev–Trinajstić information content (AvgIpc) is 2.99. The van der Waals surface area contributed by atoms with Gasteiger partial charge in [-0.3, -0.25) is 0 Å². The lowest BCUT2D eigenvalue weighted by atomic mass is 9.98. The van der Waals surface area contributed by atoms with Crippen molar-refractivity contribution in [2.75, 3.05) is 50.2 Å². The molecule has 0 spiro atoms. The number of nitrogens with two attached hydrogens (primary N) is 1. The third kappa shape index (κ3) is 6.46. The molecule has 0 unspecified atom stereocenters. The van der Waals surface area contributed by atoms with E-state index in [1.807, 2.05) is 4.90 Å². The minimum Gasteiger partial charge on any atom is -0.481 e. The molecule has 15 heteroatoms. The van der Waals surface area contributed by atoms with Gasteiger partial charge in [-0.15, -0.1) is 0 Å². The molecule has 0 radical (unpaired) electrons. The van der Waals surface area contributed by atoms with Crippen LogP contribution in [0.15, 0.2) is 65.6 Å². The number of alkyl halides is 3. The largest absolute Gasteiger partial charge is 0.481 e. The number of primary sulfonamides is 1. The summed E-state index contributed by atoms with van der Waals surface area (Å²) < 4.78 is 91.0. The minimum atomic E-state index is -4.91. The monoisotopic (exact) mass is 618 g/mol. The maximum absolute atomic E-state index is 14.1. The smallest absolute Gasteiger partial charge is 0.451 e. The summed E-state index contributed by atoms with van der Waals surface area (Å²) in [5.74, 6) is -1.36. The predicted octanol–water partition coefficient (Wildman–Crippen LogP) is 4.35. The number of halogens is 4. The molecule has 226 valence electrons. The molecule has 2 N–H and O–H groups in total. The molecule has 0 aliphatic carbocycles. The van der Waals surface area contributed by atoms with Crippen molar-refractivity contribution in [3.05, 3.63) is 72.3 Å². The van der Waals surface area contributed by atoms with Crippen LogP contribution in [0, 0.1) is 5.82 Å². The van der Waals surface area contributed by atoms with Gasteiger partial charge in [0.15, 0.2) is 0 Å². The zero-order chi connectivity index (χ0) is 30.9. The Labute approximate surface area is 244 Å². The number of rotatable bonds is 7. The summed E-state index contributed by atoms with van der Waals surface area (Å²) in [5.41, 5.74) is 1.15. The van der Waals surface area contributed by atoms with Crippen LogP contribution in [0.25, 0.3) is 22.4 Å². The van der Waals surface area contributed by atoms with E-state index in [2.05, 4.69) is 15.0 Å². The molecule has 1 fully saturated rings. The fraction of sp³-hybridized carbons (Fsp3) is 0.250. The summed E-state index contributed by atoms with van der Waals surface area (Å²) in [6.45, 7) is 1.24. The van der Waals surface area contributed by atoms with Gasteiger partial charge in [0.2, 0.25) is 27.6 Å². The number of aromatic nitrogens is 3. The number of nitrogens with zero attached hydrogens (tertiary/aromatic N) is 5. The fourth-order valence-corrected chi connectivity index (χ4v) is 5.31. The third-order valence-corrected chi connectivity index (χ3v) is 7.75. The molecule has 0 atom stereocenters. The molecule has 0 amide bonds. The molecule has 5 rings (SSSR count). The Balaban J connectivity index is 1.64. The van der Waals surface area contributed by atoms with E-state index in [-0.39, 0.29) is 46.2 Å². The molecular formula is C28H26F4N6O4S. The Bertz CT molecular complexity index is 1720. The first-order valence-corrected chi connectivity index (χ1v) is 14.4. The number of pyridine rings is 1. The highest BCUT2D eigenvalue weighted by Crippen LogP contribution is 2.41. The molecule has 1 aliphatic rings. The summed E-state index contributed by atoms with van der Waals surface area (Å²) in [6, 6.07) is 13.7. The van der Waals surface area contributed by atoms with Crippen LogP contribution in [0.4, 0.5) is 29.1 Å². The highest BCUT2D eigenvalue weighted by Gasteiger charge is 2.38. The van der Waals surface area contributed by atoms with Crippen molar-refractivity contribution in [2.24, 2.45) is 5.14 Å². The Morgan fingerprint density at radius 2 is 1.42 bits per heavy atom. The highest BCUT2D eigenvalue weighted by molar-refractivity contribution is 7.89. The number of hydrogen-bond acceptors (Lipinski definition) is 9. The van der Waals surface area contributed by atoms with E-state index in [1.165, 1.54) is 50.6 Å². The lowest BCUT2D eigenvalue weighted by Crippen LogP contribution is -2.47. The quantitative estimate of drug-likeness (QED) is 0.301. The molecule has 0 saturated carbocycles. The Morgan fingerprint density at radius 3 is 1.98 bits per heavy atom. The number of sulfonamides is 1. The number of benzene rings is 2. The van der Waals surface area contributed by atoms with Crippen LogP contribution in [0.1, 0.15) is 5.82 Å². The van der Waals surface area contributed by atoms with E-state index in [0.717, 1.165) is 17.8 Å². The number of methoxy groups -OCH3 is 2. The van der Waals surface area contributed by atoms with Crippen molar-refractivity contribution in [3.8, 4) is 34.1 Å². The second-order valence-electron chi connectivity index (χ2n) is 9.56. The van der Waals surface area contributed by atoms with Crippen LogP contribution in [0.3, 0.4) is 0 Å². The highest BCUT2D eigenvalue weighted by atomic mass is 32.2. The maximum Gasteiger partial charge on any atom is 0.451 e. The van der Waals surface area contributed by atoms with Crippen LogP contribution in [-0.4, -0.2) is 63.8 Å². The van der Waals surface area contributed by atoms with Gasteiger partial charge in [-0.05, 0) is 42.0 Å². The summed E-state index contributed by atoms with van der Waals surface area (Å²) in [6.07, 6.45) is -4.91. The molecular weight excluding hydrogens is 592 g/mol. The molecule has 1 saturated heterocycles. The van der Waals surface area contributed by atoms with E-state index in [4.69, 9.17) is 14.6 Å². The second kappa shape index (κ2) is 11.6. The van der Waals surface area contributed by atoms with Gasteiger partial charge in [0.05, 0.1) is 30.4 Å². The summed E-state index contributed by atoms with van der Waals surface area (Å²) in [5, 5.41) is 5.36. The van der Waals surface area contributed by atoms with Crippen LogP contribution in [-0.2, 0) is 16.2 Å². The molecule has 4 aromatic rings. The first kappa shape index (κ1) is 30.0. The van der Waals surface area contributed by atoms with Crippen molar-refractivity contribution >= 4 is 21.5 Å². The van der Waals surface area contributed by atoms with E-state index in [9.17, 15) is 26.0 Å². The molecule has 10 nitrogen and oxygen atoms in total. The molecule has 2 aromatic heterocycles. The molecule has 2 aromatic carbocycles. The van der Waals surface area contributed by atoms with Gasteiger partial charge >= 0.3 is 6.18 Å². The molecule has 1 aliphatic heterocycles. The number of piperazine rings is 1. The molecule has 0 bridgehead atoms. The fourth-order valence-electron chi connectivity index (χ4n) is 4.75. The number of anilines is 2. The van der Waals surface area contributed by atoms with E-state index in [0.29, 0.717) is 24.8 Å². The van der Waals surface area contributed by atoms with Gasteiger partial charge in [-0.1, -0.05) is 12.1 Å². The van der Waals surface area contributed by atoms with Crippen molar-refractivity contribution in [1.29, 1.82) is 0 Å². The first-order chi connectivity index (χ1) is 20.4. The van der Waals surface area contributed by atoms with E-state index in [1.54, 1.807) is 17.0 Å². The topological polar surface area (TPSA) is 124 Å². The lowest BCUT2D eigenvalue weighted by molar-refractivity contribution is -0.144. The zero-order valence-electron chi connectivity index (χ0n) is 23.0. The van der Waals surface area contributed by atoms with E-state index >= 15 is 0 Å². The number of hydrogen-bond donors (Lipinski definition) is 1. The maximum atomic E-state index is 14.1. The summed E-state index contributed by atoms with van der Waals surface area (Å²) in [4.78, 5) is 15.4. The molecule has 43 heavy (non-hydrogen) atoms. The molecule has 3 heterocycles. The Morgan fingerprint density at radius 1 is 0.814 bits per heavy atom. The van der Waals surface area contributed by atoms with E-state index < -0.39 is 27.8 Å². The van der Waals surface area contributed by atoms with Crippen molar-refractivity contribution in [1.82, 2.24) is 15.0 Å². The van der Waals surface area contributed by atoms with Gasteiger partial charge in [0, 0.05) is 49.6 Å². The Kier molecular flexibility index (Phi) is 8.12. The Hall–Kier alpha value is -4.50. The third-order valence-electron chi connectivity index (χ3n) is 6.84. The van der Waals surface area contributed by atoms with Crippen molar-refractivity contribution in [2.45, 2.75) is 11.1 Å². The second-order valence-corrected chi connectivity index (χ2v) is 11.1. The summed E-state index contributed by atoms with van der Waals surface area (Å²) >= 11 is 0. The average molecular weight is 619 g/mol.